The van der Waals surface area contributed by atoms with Gasteiger partial charge in [0.25, 0.3) is 0 Å². The molecule has 0 amide bonds. The monoisotopic (exact) mass is 324 g/mol. The fourth-order valence-corrected chi connectivity index (χ4v) is 1.79. The van der Waals surface area contributed by atoms with E-state index in [1.54, 1.807) is 12.1 Å². The summed E-state index contributed by atoms with van der Waals surface area (Å²) in [6.07, 6.45) is 1.37. The van der Waals surface area contributed by atoms with Gasteiger partial charge in [0.1, 0.15) is 11.5 Å². The maximum atomic E-state index is 10.6. The number of carboxylic acid groups (broad SMARTS) is 1. The first kappa shape index (κ1) is 13.0. The summed E-state index contributed by atoms with van der Waals surface area (Å²) in [6, 6.07) is 11.1. The van der Waals surface area contributed by atoms with Crippen molar-refractivity contribution in [1.82, 2.24) is 0 Å². The average molecular weight is 325 g/mol. The number of carbonyl (C=O) groups is 1. The van der Waals surface area contributed by atoms with Crippen LogP contribution in [0.25, 0.3) is 17.4 Å². The second-order valence-electron chi connectivity index (χ2n) is 3.54. The Morgan fingerprint density at radius 2 is 1.89 bits per heavy atom. The van der Waals surface area contributed by atoms with E-state index in [0.29, 0.717) is 11.5 Å². The molecule has 0 atom stereocenters. The summed E-state index contributed by atoms with van der Waals surface area (Å²) in [7, 11) is 0. The van der Waals surface area contributed by atoms with Gasteiger partial charge in [-0.3, -0.25) is 0 Å². The van der Waals surface area contributed by atoms with E-state index >= 15 is 0 Å². The number of hydrogen-bond acceptors (Lipinski definition) is 3. The number of thiol groups is 1. The number of halogens is 1. The zero-order valence-corrected chi connectivity index (χ0v) is 11.6. The van der Waals surface area contributed by atoms with Gasteiger partial charge in [-0.2, -0.15) is 0 Å². The molecule has 0 saturated carbocycles. The lowest BCUT2D eigenvalue weighted by atomic mass is 10.2. The molecule has 0 fully saturated rings. The van der Waals surface area contributed by atoms with Crippen molar-refractivity contribution in [2.24, 2.45) is 0 Å². The van der Waals surface area contributed by atoms with Gasteiger partial charge in [-0.05, 0) is 24.3 Å². The Morgan fingerprint density at radius 3 is 2.50 bits per heavy atom. The number of carboxylic acids is 1. The van der Waals surface area contributed by atoms with Crippen LogP contribution in [0.15, 0.2) is 50.2 Å². The van der Waals surface area contributed by atoms with Gasteiger partial charge in [-0.1, -0.05) is 28.1 Å². The molecule has 0 bridgehead atoms. The number of aliphatic carboxylic acids is 1. The molecule has 3 nitrogen and oxygen atoms in total. The smallest absolute Gasteiger partial charge is 0.342 e. The molecule has 0 aliphatic carbocycles. The molecule has 1 aromatic carbocycles. The topological polar surface area (TPSA) is 50.4 Å². The van der Waals surface area contributed by atoms with Crippen molar-refractivity contribution in [3.63, 3.8) is 0 Å². The Balaban J connectivity index is 2.28. The predicted octanol–water partition coefficient (Wildman–Crippen LogP) is 4.06. The minimum Gasteiger partial charge on any atom is -0.477 e. The highest BCUT2D eigenvalue weighted by Gasteiger charge is 2.06. The van der Waals surface area contributed by atoms with Crippen molar-refractivity contribution in [2.75, 3.05) is 0 Å². The molecule has 2 rings (SSSR count). The Bertz CT molecular complexity index is 599. The fourth-order valence-electron chi connectivity index (χ4n) is 1.40. The second kappa shape index (κ2) is 5.46. The standard InChI is InChI=1S/C13H9BrO3S/c14-9-3-1-8(2-4-9)11-6-5-10(17-11)7-12(18)13(15)16/h1-7,18H,(H,15,16)/b12-7-. The first-order chi connectivity index (χ1) is 8.56. The number of furan rings is 1. The van der Waals surface area contributed by atoms with Crippen molar-refractivity contribution in [2.45, 2.75) is 0 Å². The summed E-state index contributed by atoms with van der Waals surface area (Å²) in [5, 5.41) is 8.71. The van der Waals surface area contributed by atoms with Crippen molar-refractivity contribution in [3.8, 4) is 11.3 Å². The molecule has 0 saturated heterocycles. The van der Waals surface area contributed by atoms with Crippen molar-refractivity contribution < 1.29 is 14.3 Å². The summed E-state index contributed by atoms with van der Waals surface area (Å²) < 4.78 is 6.51. The van der Waals surface area contributed by atoms with Crippen LogP contribution in [-0.2, 0) is 4.79 Å². The molecule has 0 aliphatic heterocycles. The van der Waals surface area contributed by atoms with Crippen LogP contribution in [0.5, 0.6) is 0 Å². The molecular weight excluding hydrogens is 316 g/mol. The van der Waals surface area contributed by atoms with Gasteiger partial charge >= 0.3 is 5.97 Å². The van der Waals surface area contributed by atoms with E-state index in [0.717, 1.165) is 10.0 Å². The highest BCUT2D eigenvalue weighted by molar-refractivity contribution is 9.10. The summed E-state index contributed by atoms with van der Waals surface area (Å²) in [5.74, 6) is 0.0560. The molecule has 0 unspecified atom stereocenters. The lowest BCUT2D eigenvalue weighted by Crippen LogP contribution is -1.92. The number of benzene rings is 1. The Morgan fingerprint density at radius 1 is 1.22 bits per heavy atom. The van der Waals surface area contributed by atoms with Gasteiger partial charge < -0.3 is 9.52 Å². The molecule has 0 spiro atoms. The quantitative estimate of drug-likeness (QED) is 0.661. The van der Waals surface area contributed by atoms with Gasteiger partial charge in [-0.25, -0.2) is 4.79 Å². The minimum absolute atomic E-state index is 0.0632. The molecule has 1 heterocycles. The molecule has 1 aromatic heterocycles. The fraction of sp³-hybridized carbons (Fsp3) is 0. The normalized spacial score (nSPS) is 11.6. The Kier molecular flexibility index (Phi) is 3.93. The highest BCUT2D eigenvalue weighted by atomic mass is 79.9. The van der Waals surface area contributed by atoms with Gasteiger partial charge in [0.15, 0.2) is 0 Å². The van der Waals surface area contributed by atoms with Crippen molar-refractivity contribution in [3.05, 3.63) is 51.5 Å². The van der Waals surface area contributed by atoms with Gasteiger partial charge in [0.2, 0.25) is 0 Å². The van der Waals surface area contributed by atoms with Gasteiger partial charge in [-0.15, -0.1) is 12.6 Å². The van der Waals surface area contributed by atoms with Crippen molar-refractivity contribution >= 4 is 40.6 Å². The van der Waals surface area contributed by atoms with Crippen LogP contribution in [-0.4, -0.2) is 11.1 Å². The van der Waals surface area contributed by atoms with E-state index in [4.69, 9.17) is 9.52 Å². The third-order valence-corrected chi connectivity index (χ3v) is 3.10. The van der Waals surface area contributed by atoms with Crippen molar-refractivity contribution in [1.29, 1.82) is 0 Å². The molecule has 0 aliphatic rings. The number of hydrogen-bond donors (Lipinski definition) is 2. The van der Waals surface area contributed by atoms with Crippen LogP contribution in [0.1, 0.15) is 5.76 Å². The van der Waals surface area contributed by atoms with Crippen LogP contribution in [0.3, 0.4) is 0 Å². The lowest BCUT2D eigenvalue weighted by Gasteiger charge is -1.96. The molecule has 92 valence electrons. The largest absolute Gasteiger partial charge is 0.477 e. The predicted molar refractivity (Wildman–Crippen MR) is 76.4 cm³/mol. The molecular formula is C13H9BrO3S. The van der Waals surface area contributed by atoms with Crippen LogP contribution >= 0.6 is 28.6 Å². The lowest BCUT2D eigenvalue weighted by molar-refractivity contribution is -0.131. The van der Waals surface area contributed by atoms with Crippen LogP contribution < -0.4 is 0 Å². The molecule has 2 aromatic rings. The molecule has 1 N–H and O–H groups in total. The van der Waals surface area contributed by atoms with Crippen LogP contribution in [0.2, 0.25) is 0 Å². The molecule has 0 radical (unpaired) electrons. The van der Waals surface area contributed by atoms with E-state index in [1.165, 1.54) is 6.08 Å². The summed E-state index contributed by atoms with van der Waals surface area (Å²) >= 11 is 7.20. The van der Waals surface area contributed by atoms with Gasteiger partial charge in [0.05, 0.1) is 4.91 Å². The summed E-state index contributed by atoms with van der Waals surface area (Å²) in [6.45, 7) is 0. The first-order valence-electron chi connectivity index (χ1n) is 5.06. The average Bonchev–Trinajstić information content (AvgIpc) is 2.78. The Labute approximate surface area is 118 Å². The van der Waals surface area contributed by atoms with E-state index in [9.17, 15) is 4.79 Å². The van der Waals surface area contributed by atoms with Crippen LogP contribution in [0, 0.1) is 0 Å². The second-order valence-corrected chi connectivity index (χ2v) is 4.94. The van der Waals surface area contributed by atoms with E-state index in [2.05, 4.69) is 28.6 Å². The first-order valence-corrected chi connectivity index (χ1v) is 6.30. The minimum atomic E-state index is -1.08. The van der Waals surface area contributed by atoms with E-state index in [-0.39, 0.29) is 4.91 Å². The summed E-state index contributed by atoms with van der Waals surface area (Å²) in [4.78, 5) is 10.6. The summed E-state index contributed by atoms with van der Waals surface area (Å²) in [5.41, 5.74) is 0.925. The Hall–Kier alpha value is -1.46. The molecule has 5 heteroatoms. The number of rotatable bonds is 3. The highest BCUT2D eigenvalue weighted by Crippen LogP contribution is 2.25. The van der Waals surface area contributed by atoms with Crippen LogP contribution in [0.4, 0.5) is 0 Å². The van der Waals surface area contributed by atoms with E-state index in [1.807, 2.05) is 24.3 Å². The van der Waals surface area contributed by atoms with Gasteiger partial charge in [0, 0.05) is 16.1 Å². The third kappa shape index (κ3) is 3.05. The molecule has 18 heavy (non-hydrogen) atoms. The zero-order chi connectivity index (χ0) is 13.1. The maximum absolute atomic E-state index is 10.6. The SMILES string of the molecule is O=C(O)/C(S)=C/c1ccc(-c2ccc(Br)cc2)o1. The third-order valence-electron chi connectivity index (χ3n) is 2.25. The maximum Gasteiger partial charge on any atom is 0.342 e. The van der Waals surface area contributed by atoms with E-state index < -0.39 is 5.97 Å². The zero-order valence-electron chi connectivity index (χ0n) is 9.13.